The van der Waals surface area contributed by atoms with Gasteiger partial charge in [0.1, 0.15) is 11.6 Å². The molecule has 0 aliphatic rings. The third-order valence-corrected chi connectivity index (χ3v) is 3.70. The minimum absolute atomic E-state index is 0.154. The first-order chi connectivity index (χ1) is 11.1. The average molecular weight is 304 g/mol. The molecule has 0 spiro atoms. The zero-order valence-corrected chi connectivity index (χ0v) is 12.7. The van der Waals surface area contributed by atoms with E-state index < -0.39 is 5.97 Å². The van der Waals surface area contributed by atoms with Crippen molar-refractivity contribution in [3.8, 4) is 5.75 Å². The molecule has 114 valence electrons. The van der Waals surface area contributed by atoms with Gasteiger partial charge in [-0.25, -0.2) is 4.79 Å². The standard InChI is InChI=1S/C19H16N2O2/c1-12-5-4-8-16(18(20)21)17(12)19(22)23-15-10-9-13-6-2-3-7-14(13)11-15/h2-11H,1H3,(H3,20,21). The zero-order chi connectivity index (χ0) is 16.4. The number of ether oxygens (including phenoxy) is 1. The lowest BCUT2D eigenvalue weighted by molar-refractivity contribution is 0.0734. The van der Waals surface area contributed by atoms with Crippen LogP contribution in [0.4, 0.5) is 0 Å². The van der Waals surface area contributed by atoms with Gasteiger partial charge in [0, 0.05) is 5.56 Å². The molecule has 0 aromatic heterocycles. The maximum Gasteiger partial charge on any atom is 0.344 e. The number of carbonyl (C=O) groups is 1. The summed E-state index contributed by atoms with van der Waals surface area (Å²) in [4.78, 5) is 12.5. The van der Waals surface area contributed by atoms with Crippen molar-refractivity contribution in [3.63, 3.8) is 0 Å². The molecule has 0 bridgehead atoms. The molecule has 0 radical (unpaired) electrons. The number of fused-ring (bicyclic) bond motifs is 1. The molecule has 0 saturated heterocycles. The van der Waals surface area contributed by atoms with Gasteiger partial charge in [-0.3, -0.25) is 5.41 Å². The Morgan fingerprint density at radius 1 is 1.00 bits per heavy atom. The van der Waals surface area contributed by atoms with Crippen LogP contribution < -0.4 is 10.5 Å². The lowest BCUT2D eigenvalue weighted by Crippen LogP contribution is -2.20. The summed E-state index contributed by atoms with van der Waals surface area (Å²) in [7, 11) is 0. The number of amidine groups is 1. The number of nitrogens with one attached hydrogen (secondary N) is 1. The molecular formula is C19H16N2O2. The van der Waals surface area contributed by atoms with E-state index in [0.29, 0.717) is 16.9 Å². The van der Waals surface area contributed by atoms with Crippen molar-refractivity contribution < 1.29 is 9.53 Å². The van der Waals surface area contributed by atoms with E-state index in [4.69, 9.17) is 15.9 Å². The maximum atomic E-state index is 12.5. The van der Waals surface area contributed by atoms with Gasteiger partial charge in [0.25, 0.3) is 0 Å². The predicted octanol–water partition coefficient (Wildman–Crippen LogP) is 3.65. The number of aryl methyl sites for hydroxylation is 1. The van der Waals surface area contributed by atoms with Crippen molar-refractivity contribution in [1.82, 2.24) is 0 Å². The molecule has 0 aliphatic heterocycles. The number of hydrogen-bond acceptors (Lipinski definition) is 3. The zero-order valence-electron chi connectivity index (χ0n) is 12.7. The van der Waals surface area contributed by atoms with E-state index in [9.17, 15) is 4.79 Å². The first-order valence-corrected chi connectivity index (χ1v) is 7.21. The monoisotopic (exact) mass is 304 g/mol. The number of carbonyl (C=O) groups excluding carboxylic acids is 1. The summed E-state index contributed by atoms with van der Waals surface area (Å²) in [5.74, 6) is -0.200. The molecule has 3 aromatic rings. The van der Waals surface area contributed by atoms with E-state index in [2.05, 4.69) is 0 Å². The van der Waals surface area contributed by atoms with Crippen LogP contribution in [0.5, 0.6) is 5.75 Å². The third kappa shape index (κ3) is 2.92. The van der Waals surface area contributed by atoms with Crippen molar-refractivity contribution >= 4 is 22.6 Å². The van der Waals surface area contributed by atoms with Crippen LogP contribution in [0.15, 0.2) is 60.7 Å². The lowest BCUT2D eigenvalue weighted by Gasteiger charge is -2.11. The number of nitrogens with two attached hydrogens (primary N) is 1. The fourth-order valence-electron chi connectivity index (χ4n) is 2.55. The van der Waals surface area contributed by atoms with Crippen molar-refractivity contribution in [2.75, 3.05) is 0 Å². The first kappa shape index (κ1) is 14.8. The fourth-order valence-corrected chi connectivity index (χ4v) is 2.55. The molecule has 0 atom stereocenters. The van der Waals surface area contributed by atoms with Crippen LogP contribution in [-0.4, -0.2) is 11.8 Å². The van der Waals surface area contributed by atoms with Gasteiger partial charge in [-0.1, -0.05) is 48.5 Å². The maximum absolute atomic E-state index is 12.5. The Kier molecular flexibility index (Phi) is 3.81. The van der Waals surface area contributed by atoms with Gasteiger partial charge in [0.05, 0.1) is 5.56 Å². The molecule has 4 heteroatoms. The molecule has 3 N–H and O–H groups in total. The third-order valence-electron chi connectivity index (χ3n) is 3.70. The number of nitrogen functional groups attached to an aromatic ring is 1. The van der Waals surface area contributed by atoms with Crippen LogP contribution in [0.2, 0.25) is 0 Å². The van der Waals surface area contributed by atoms with Crippen LogP contribution in [0.3, 0.4) is 0 Å². The SMILES string of the molecule is Cc1cccc(C(=N)N)c1C(=O)Oc1ccc2ccccc2c1. The van der Waals surface area contributed by atoms with E-state index >= 15 is 0 Å². The van der Waals surface area contributed by atoms with E-state index in [1.165, 1.54) is 0 Å². The highest BCUT2D eigenvalue weighted by atomic mass is 16.5. The highest BCUT2D eigenvalue weighted by Gasteiger charge is 2.18. The highest BCUT2D eigenvalue weighted by molar-refractivity contribution is 6.07. The van der Waals surface area contributed by atoms with Crippen molar-refractivity contribution in [3.05, 3.63) is 77.4 Å². The second-order valence-electron chi connectivity index (χ2n) is 5.31. The Hall–Kier alpha value is -3.14. The molecular weight excluding hydrogens is 288 g/mol. The summed E-state index contributed by atoms with van der Waals surface area (Å²) in [5, 5.41) is 9.70. The number of benzene rings is 3. The second kappa shape index (κ2) is 5.93. The molecule has 0 saturated carbocycles. The van der Waals surface area contributed by atoms with Gasteiger partial charge in [0.2, 0.25) is 0 Å². The summed E-state index contributed by atoms with van der Waals surface area (Å²) in [6, 6.07) is 18.5. The minimum Gasteiger partial charge on any atom is -0.423 e. The van der Waals surface area contributed by atoms with Crippen molar-refractivity contribution in [1.29, 1.82) is 5.41 Å². The van der Waals surface area contributed by atoms with Crippen LogP contribution in [0.25, 0.3) is 10.8 Å². The van der Waals surface area contributed by atoms with Crippen molar-refractivity contribution in [2.24, 2.45) is 5.73 Å². The summed E-state index contributed by atoms with van der Waals surface area (Å²) >= 11 is 0. The molecule has 0 fully saturated rings. The van der Waals surface area contributed by atoms with Crippen LogP contribution in [-0.2, 0) is 0 Å². The summed E-state index contributed by atoms with van der Waals surface area (Å²) in [5.41, 5.74) is 7.00. The molecule has 3 aromatic carbocycles. The van der Waals surface area contributed by atoms with Crippen LogP contribution in [0, 0.1) is 12.3 Å². The summed E-state index contributed by atoms with van der Waals surface area (Å²) < 4.78 is 5.49. The quantitative estimate of drug-likeness (QED) is 0.335. The molecule has 0 unspecified atom stereocenters. The Labute approximate surface area is 134 Å². The molecule has 23 heavy (non-hydrogen) atoms. The predicted molar refractivity (Wildman–Crippen MR) is 91.1 cm³/mol. The number of esters is 1. The van der Waals surface area contributed by atoms with E-state index in [-0.39, 0.29) is 5.84 Å². The smallest absolute Gasteiger partial charge is 0.344 e. The van der Waals surface area contributed by atoms with E-state index in [0.717, 1.165) is 16.3 Å². The summed E-state index contributed by atoms with van der Waals surface area (Å²) in [6.07, 6.45) is 0. The Morgan fingerprint density at radius 3 is 2.48 bits per heavy atom. The highest BCUT2D eigenvalue weighted by Crippen LogP contribution is 2.23. The molecule has 3 rings (SSSR count). The van der Waals surface area contributed by atoms with Crippen LogP contribution >= 0.6 is 0 Å². The van der Waals surface area contributed by atoms with E-state index in [1.807, 2.05) is 36.4 Å². The van der Waals surface area contributed by atoms with Gasteiger partial charge in [-0.2, -0.15) is 0 Å². The fraction of sp³-hybridized carbons (Fsp3) is 0.0526. The largest absolute Gasteiger partial charge is 0.423 e. The van der Waals surface area contributed by atoms with Gasteiger partial charge in [-0.05, 0) is 35.4 Å². The topological polar surface area (TPSA) is 76.2 Å². The first-order valence-electron chi connectivity index (χ1n) is 7.21. The summed E-state index contributed by atoms with van der Waals surface area (Å²) in [6.45, 7) is 1.80. The normalized spacial score (nSPS) is 10.5. The average Bonchev–Trinajstić information content (AvgIpc) is 2.54. The Balaban J connectivity index is 1.96. The molecule has 4 nitrogen and oxygen atoms in total. The second-order valence-corrected chi connectivity index (χ2v) is 5.31. The van der Waals surface area contributed by atoms with Gasteiger partial charge >= 0.3 is 5.97 Å². The molecule has 0 aliphatic carbocycles. The van der Waals surface area contributed by atoms with Gasteiger partial charge < -0.3 is 10.5 Å². The van der Waals surface area contributed by atoms with E-state index in [1.54, 1.807) is 31.2 Å². The van der Waals surface area contributed by atoms with Crippen molar-refractivity contribution in [2.45, 2.75) is 6.92 Å². The lowest BCUT2D eigenvalue weighted by atomic mass is 10.0. The number of rotatable bonds is 3. The Morgan fingerprint density at radius 2 is 1.74 bits per heavy atom. The van der Waals surface area contributed by atoms with Gasteiger partial charge in [0.15, 0.2) is 0 Å². The molecule has 0 heterocycles. The van der Waals surface area contributed by atoms with Gasteiger partial charge in [-0.15, -0.1) is 0 Å². The van der Waals surface area contributed by atoms with Crippen LogP contribution in [0.1, 0.15) is 21.5 Å². The molecule has 0 amide bonds. The number of hydrogen-bond donors (Lipinski definition) is 2. The minimum atomic E-state index is -0.511. The Bertz CT molecular complexity index is 916.